The van der Waals surface area contributed by atoms with Crippen molar-refractivity contribution in [3.63, 3.8) is 0 Å². The Morgan fingerprint density at radius 3 is 2.36 bits per heavy atom. The van der Waals surface area contributed by atoms with E-state index in [2.05, 4.69) is 0 Å². The average molecular weight is 374 g/mol. The topological polar surface area (TPSA) is 87.0 Å². The molecule has 5 nitrogen and oxygen atoms in total. The van der Waals surface area contributed by atoms with E-state index >= 15 is 0 Å². The molecule has 1 atom stereocenters. The second kappa shape index (κ2) is 7.12. The van der Waals surface area contributed by atoms with Gasteiger partial charge in [0.15, 0.2) is 5.78 Å². The molecule has 4 rings (SSSR count). The molecule has 1 aliphatic heterocycles. The largest absolute Gasteiger partial charge is 0.508 e. The van der Waals surface area contributed by atoms with E-state index in [9.17, 15) is 20.1 Å². The number of hydrogen-bond donors (Lipinski definition) is 3. The highest BCUT2D eigenvalue weighted by atomic mass is 16.5. The summed E-state index contributed by atoms with van der Waals surface area (Å²) in [4.78, 5) is 12.7. The number of phenolic OH excluding ortho intramolecular Hbond substituents is 3. The van der Waals surface area contributed by atoms with Crippen LogP contribution in [0.25, 0.3) is 12.2 Å². The predicted molar refractivity (Wildman–Crippen MR) is 106 cm³/mol. The smallest absolute Gasteiger partial charge is 0.174 e. The van der Waals surface area contributed by atoms with Crippen molar-refractivity contribution in [2.75, 3.05) is 0 Å². The number of ether oxygens (including phenoxy) is 1. The number of benzene rings is 3. The number of Topliss-reactive ketones (excluding diaryl/α,β-unsaturated/α-hetero) is 1. The van der Waals surface area contributed by atoms with Gasteiger partial charge in [-0.25, -0.2) is 0 Å². The second-order valence-corrected chi connectivity index (χ2v) is 6.60. The first-order chi connectivity index (χ1) is 13.5. The fourth-order valence-electron chi connectivity index (χ4n) is 3.26. The van der Waals surface area contributed by atoms with Crippen LogP contribution in [0.5, 0.6) is 23.0 Å². The molecular formula is C23H18O5. The monoisotopic (exact) mass is 374 g/mol. The molecule has 28 heavy (non-hydrogen) atoms. The van der Waals surface area contributed by atoms with Crippen LogP contribution in [0.1, 0.15) is 39.6 Å². The third-order valence-electron chi connectivity index (χ3n) is 4.71. The normalized spacial score (nSPS) is 16.0. The van der Waals surface area contributed by atoms with E-state index in [4.69, 9.17) is 4.74 Å². The van der Waals surface area contributed by atoms with E-state index in [0.29, 0.717) is 0 Å². The molecule has 0 bridgehead atoms. The molecule has 0 amide bonds. The van der Waals surface area contributed by atoms with Gasteiger partial charge in [-0.15, -0.1) is 0 Å². The number of carbonyl (C=O) groups excluding carboxylic acids is 1. The third-order valence-corrected chi connectivity index (χ3v) is 4.71. The third kappa shape index (κ3) is 3.30. The van der Waals surface area contributed by atoms with Crippen LogP contribution in [0.15, 0.2) is 60.7 Å². The minimum absolute atomic E-state index is 0.0535. The number of fused-ring (bicyclic) bond motifs is 1. The summed E-state index contributed by atoms with van der Waals surface area (Å²) in [7, 11) is 0. The minimum Gasteiger partial charge on any atom is -0.508 e. The molecule has 0 fully saturated rings. The van der Waals surface area contributed by atoms with Gasteiger partial charge in [-0.2, -0.15) is 0 Å². The van der Waals surface area contributed by atoms with E-state index in [-0.39, 0.29) is 46.3 Å². The maximum atomic E-state index is 12.7. The van der Waals surface area contributed by atoms with Crippen LogP contribution in [-0.4, -0.2) is 21.1 Å². The molecule has 3 aromatic rings. The Hall–Kier alpha value is -3.73. The van der Waals surface area contributed by atoms with Crippen LogP contribution in [0.4, 0.5) is 0 Å². The quantitative estimate of drug-likeness (QED) is 0.580. The molecule has 0 unspecified atom stereocenters. The summed E-state index contributed by atoms with van der Waals surface area (Å²) in [6, 6.07) is 17.2. The maximum Gasteiger partial charge on any atom is 0.174 e. The standard InChI is InChI=1S/C23H18O5/c24-16-9-7-15(8-10-16)20-13-19(26)22-21(28-20)12-18(25)17(23(22)27)11-6-14-4-2-1-3-5-14/h1-12,20,24-25,27H,13H2/b11-6+/t20-/m0/s1. The van der Waals surface area contributed by atoms with Crippen molar-refractivity contribution >= 4 is 17.9 Å². The number of phenols is 3. The maximum absolute atomic E-state index is 12.7. The van der Waals surface area contributed by atoms with Gasteiger partial charge >= 0.3 is 0 Å². The molecular weight excluding hydrogens is 356 g/mol. The highest BCUT2D eigenvalue weighted by molar-refractivity contribution is 6.04. The first kappa shape index (κ1) is 17.7. The Labute approximate surface area is 161 Å². The molecule has 3 N–H and O–H groups in total. The molecule has 0 aromatic heterocycles. The fourth-order valence-corrected chi connectivity index (χ4v) is 3.26. The molecule has 0 radical (unpaired) electrons. The van der Waals surface area contributed by atoms with Gasteiger partial charge in [0.25, 0.3) is 0 Å². The second-order valence-electron chi connectivity index (χ2n) is 6.60. The summed E-state index contributed by atoms with van der Waals surface area (Å²) >= 11 is 0. The Morgan fingerprint density at radius 2 is 1.64 bits per heavy atom. The van der Waals surface area contributed by atoms with E-state index in [0.717, 1.165) is 11.1 Å². The van der Waals surface area contributed by atoms with Crippen LogP contribution >= 0.6 is 0 Å². The molecule has 0 aliphatic carbocycles. The average Bonchev–Trinajstić information content (AvgIpc) is 2.68. The van der Waals surface area contributed by atoms with Gasteiger partial charge < -0.3 is 20.1 Å². The number of aromatic hydroxyl groups is 3. The van der Waals surface area contributed by atoms with Crippen LogP contribution in [0.2, 0.25) is 0 Å². The molecule has 0 spiro atoms. The summed E-state index contributed by atoms with van der Waals surface area (Å²) in [5.41, 5.74) is 1.86. The van der Waals surface area contributed by atoms with Crippen molar-refractivity contribution in [2.45, 2.75) is 12.5 Å². The Bertz CT molecular complexity index is 1050. The SMILES string of the molecule is O=C1C[C@@H](c2ccc(O)cc2)Oc2cc(O)c(/C=C/c3ccccc3)c(O)c21. The Kier molecular flexibility index (Phi) is 4.49. The lowest BCUT2D eigenvalue weighted by Gasteiger charge is -2.27. The van der Waals surface area contributed by atoms with Crippen molar-refractivity contribution < 1.29 is 24.9 Å². The van der Waals surface area contributed by atoms with Gasteiger partial charge in [0.1, 0.15) is 34.7 Å². The lowest BCUT2D eigenvalue weighted by atomic mass is 9.93. The predicted octanol–water partition coefficient (Wildman–Crippen LogP) is 4.68. The van der Waals surface area contributed by atoms with Gasteiger partial charge in [0, 0.05) is 6.07 Å². The zero-order valence-corrected chi connectivity index (χ0v) is 14.9. The number of ketones is 1. The van der Waals surface area contributed by atoms with Crippen molar-refractivity contribution in [2.24, 2.45) is 0 Å². The van der Waals surface area contributed by atoms with Gasteiger partial charge in [0.05, 0.1) is 12.0 Å². The van der Waals surface area contributed by atoms with Gasteiger partial charge in [-0.1, -0.05) is 48.5 Å². The summed E-state index contributed by atoms with van der Waals surface area (Å²) in [6.45, 7) is 0. The summed E-state index contributed by atoms with van der Waals surface area (Å²) in [5, 5.41) is 30.4. The van der Waals surface area contributed by atoms with E-state index in [1.807, 2.05) is 30.3 Å². The molecule has 0 saturated carbocycles. The van der Waals surface area contributed by atoms with Crippen molar-refractivity contribution in [1.82, 2.24) is 0 Å². The summed E-state index contributed by atoms with van der Waals surface area (Å²) < 4.78 is 5.86. The molecule has 0 saturated heterocycles. The summed E-state index contributed by atoms with van der Waals surface area (Å²) in [5.74, 6) is -0.484. The number of carbonyl (C=O) groups is 1. The highest BCUT2D eigenvalue weighted by Crippen LogP contribution is 2.45. The van der Waals surface area contributed by atoms with E-state index in [1.165, 1.54) is 18.2 Å². The lowest BCUT2D eigenvalue weighted by molar-refractivity contribution is 0.0844. The Morgan fingerprint density at radius 1 is 0.929 bits per heavy atom. The fraction of sp³-hybridized carbons (Fsp3) is 0.0870. The van der Waals surface area contributed by atoms with Crippen LogP contribution < -0.4 is 4.74 Å². The van der Waals surface area contributed by atoms with Crippen LogP contribution in [0, 0.1) is 0 Å². The first-order valence-electron chi connectivity index (χ1n) is 8.84. The molecule has 3 aromatic carbocycles. The molecule has 1 heterocycles. The van der Waals surface area contributed by atoms with Gasteiger partial charge in [-0.3, -0.25) is 4.79 Å². The first-order valence-corrected chi connectivity index (χ1v) is 8.84. The lowest BCUT2D eigenvalue weighted by Crippen LogP contribution is -2.20. The highest BCUT2D eigenvalue weighted by Gasteiger charge is 2.32. The van der Waals surface area contributed by atoms with Crippen molar-refractivity contribution in [3.05, 3.63) is 82.9 Å². The molecule has 140 valence electrons. The molecule has 1 aliphatic rings. The number of hydrogen-bond acceptors (Lipinski definition) is 5. The van der Waals surface area contributed by atoms with E-state index in [1.54, 1.807) is 24.3 Å². The van der Waals surface area contributed by atoms with Crippen LogP contribution in [0.3, 0.4) is 0 Å². The zero-order chi connectivity index (χ0) is 19.7. The zero-order valence-electron chi connectivity index (χ0n) is 14.9. The van der Waals surface area contributed by atoms with E-state index < -0.39 is 6.10 Å². The molecule has 5 heteroatoms. The number of rotatable bonds is 3. The van der Waals surface area contributed by atoms with Gasteiger partial charge in [-0.05, 0) is 29.3 Å². The Balaban J connectivity index is 1.69. The summed E-state index contributed by atoms with van der Waals surface area (Å²) in [6.07, 6.45) is 2.82. The van der Waals surface area contributed by atoms with Crippen LogP contribution in [-0.2, 0) is 0 Å². The minimum atomic E-state index is -0.551. The van der Waals surface area contributed by atoms with Gasteiger partial charge in [0.2, 0.25) is 0 Å². The van der Waals surface area contributed by atoms with Crippen molar-refractivity contribution in [3.8, 4) is 23.0 Å². The van der Waals surface area contributed by atoms with Crippen molar-refractivity contribution in [1.29, 1.82) is 0 Å².